The minimum Gasteiger partial charge on any atom is -0.390 e. The maximum atomic E-state index is 9.53. The number of aliphatic hydroxyl groups is 1. The lowest BCUT2D eigenvalue weighted by Crippen LogP contribution is -2.06. The SMILES string of the molecule is CCCCc1nc(CO)c(Cl)n1Cc1ccc(Cc2nnnn2-c2ccccc2)cc1. The number of para-hydroxylation sites is 1. The van der Waals surface area contributed by atoms with E-state index in [0.29, 0.717) is 23.8 Å². The number of imidazole rings is 1. The monoisotopic (exact) mass is 436 g/mol. The van der Waals surface area contributed by atoms with Gasteiger partial charge in [0.2, 0.25) is 0 Å². The van der Waals surface area contributed by atoms with E-state index < -0.39 is 0 Å². The molecule has 1 N–H and O–H groups in total. The van der Waals surface area contributed by atoms with Crippen LogP contribution in [-0.2, 0) is 26.0 Å². The Morgan fingerprint density at radius 2 is 1.71 bits per heavy atom. The quantitative estimate of drug-likeness (QED) is 0.429. The Bertz CT molecular complexity index is 1120. The van der Waals surface area contributed by atoms with E-state index >= 15 is 0 Å². The van der Waals surface area contributed by atoms with Gasteiger partial charge in [-0.05, 0) is 40.1 Å². The summed E-state index contributed by atoms with van der Waals surface area (Å²) in [7, 11) is 0. The molecule has 7 nitrogen and oxygen atoms in total. The summed E-state index contributed by atoms with van der Waals surface area (Å²) in [5.41, 5.74) is 3.72. The summed E-state index contributed by atoms with van der Waals surface area (Å²) < 4.78 is 3.75. The Morgan fingerprint density at radius 3 is 2.42 bits per heavy atom. The summed E-state index contributed by atoms with van der Waals surface area (Å²) >= 11 is 6.48. The molecule has 0 fully saturated rings. The molecular weight excluding hydrogens is 412 g/mol. The van der Waals surface area contributed by atoms with E-state index in [2.05, 4.69) is 51.7 Å². The zero-order chi connectivity index (χ0) is 21.6. The van der Waals surface area contributed by atoms with Crippen LogP contribution in [0.2, 0.25) is 5.15 Å². The molecule has 0 aliphatic carbocycles. The van der Waals surface area contributed by atoms with E-state index in [0.717, 1.165) is 47.7 Å². The number of hydrogen-bond donors (Lipinski definition) is 1. The molecule has 0 aliphatic heterocycles. The number of aliphatic hydroxyl groups excluding tert-OH is 1. The van der Waals surface area contributed by atoms with E-state index in [1.54, 1.807) is 4.68 Å². The van der Waals surface area contributed by atoms with E-state index in [1.807, 2.05) is 34.9 Å². The van der Waals surface area contributed by atoms with Crippen molar-refractivity contribution in [3.8, 4) is 5.69 Å². The summed E-state index contributed by atoms with van der Waals surface area (Å²) in [5, 5.41) is 22.2. The smallest absolute Gasteiger partial charge is 0.161 e. The largest absolute Gasteiger partial charge is 0.390 e. The first-order valence-electron chi connectivity index (χ1n) is 10.4. The van der Waals surface area contributed by atoms with Gasteiger partial charge in [0.25, 0.3) is 0 Å². The number of rotatable bonds is 9. The molecular formula is C23H25ClN6O. The maximum Gasteiger partial charge on any atom is 0.161 e. The van der Waals surface area contributed by atoms with Gasteiger partial charge in [-0.15, -0.1) is 5.10 Å². The summed E-state index contributed by atoms with van der Waals surface area (Å²) in [6.07, 6.45) is 3.59. The molecule has 31 heavy (non-hydrogen) atoms. The second-order valence-electron chi connectivity index (χ2n) is 7.45. The number of aryl methyl sites for hydroxylation is 1. The van der Waals surface area contributed by atoms with Gasteiger partial charge in [0.05, 0.1) is 18.8 Å². The minimum absolute atomic E-state index is 0.153. The number of tetrazole rings is 1. The fourth-order valence-electron chi connectivity index (χ4n) is 3.53. The molecule has 8 heteroatoms. The van der Waals surface area contributed by atoms with Crippen LogP contribution in [-0.4, -0.2) is 34.9 Å². The summed E-state index contributed by atoms with van der Waals surface area (Å²) in [5.74, 6) is 1.70. The normalized spacial score (nSPS) is 11.2. The lowest BCUT2D eigenvalue weighted by atomic mass is 10.1. The molecule has 2 aromatic carbocycles. The third-order valence-corrected chi connectivity index (χ3v) is 5.64. The number of nitrogens with zero attached hydrogens (tertiary/aromatic N) is 6. The van der Waals surface area contributed by atoms with Crippen LogP contribution in [0.3, 0.4) is 0 Å². The highest BCUT2D eigenvalue weighted by molar-refractivity contribution is 6.30. The van der Waals surface area contributed by atoms with Crippen molar-refractivity contribution in [1.29, 1.82) is 0 Å². The first-order chi connectivity index (χ1) is 15.2. The predicted octanol–water partition coefficient (Wildman–Crippen LogP) is 3.99. The number of aromatic nitrogens is 6. The van der Waals surface area contributed by atoms with Gasteiger partial charge in [-0.2, -0.15) is 4.68 Å². The van der Waals surface area contributed by atoms with E-state index in [-0.39, 0.29) is 6.61 Å². The van der Waals surface area contributed by atoms with Crippen LogP contribution < -0.4 is 0 Å². The van der Waals surface area contributed by atoms with Gasteiger partial charge in [-0.1, -0.05) is 67.4 Å². The number of benzene rings is 2. The Morgan fingerprint density at radius 1 is 0.968 bits per heavy atom. The maximum absolute atomic E-state index is 9.53. The number of halogens is 1. The van der Waals surface area contributed by atoms with E-state index in [1.165, 1.54) is 0 Å². The third-order valence-electron chi connectivity index (χ3n) is 5.22. The van der Waals surface area contributed by atoms with Gasteiger partial charge >= 0.3 is 0 Å². The van der Waals surface area contributed by atoms with Crippen molar-refractivity contribution in [1.82, 2.24) is 29.8 Å². The average Bonchev–Trinajstić information content (AvgIpc) is 3.38. The van der Waals surface area contributed by atoms with Crippen LogP contribution in [0.1, 0.15) is 48.2 Å². The standard InChI is InChI=1S/C23H25ClN6O/c1-2-3-9-21-25-20(16-31)23(24)29(21)15-18-12-10-17(11-13-18)14-22-26-27-28-30(22)19-7-5-4-6-8-19/h4-8,10-13,31H,2-3,9,14-16H2,1H3. The summed E-state index contributed by atoms with van der Waals surface area (Å²) in [6, 6.07) is 18.2. The predicted molar refractivity (Wildman–Crippen MR) is 119 cm³/mol. The Hall–Kier alpha value is -3.03. The van der Waals surface area contributed by atoms with Gasteiger partial charge in [-0.3, -0.25) is 0 Å². The molecule has 0 aliphatic rings. The molecule has 2 heterocycles. The van der Waals surface area contributed by atoms with Crippen LogP contribution in [0, 0.1) is 0 Å². The molecule has 0 atom stereocenters. The molecule has 0 saturated carbocycles. The Balaban J connectivity index is 1.50. The van der Waals surface area contributed by atoms with E-state index in [9.17, 15) is 5.11 Å². The molecule has 0 saturated heterocycles. The molecule has 4 aromatic rings. The lowest BCUT2D eigenvalue weighted by Gasteiger charge is -2.10. The van der Waals surface area contributed by atoms with Crippen molar-refractivity contribution in [2.75, 3.05) is 0 Å². The molecule has 4 rings (SSSR count). The van der Waals surface area contributed by atoms with Crippen molar-refractivity contribution >= 4 is 11.6 Å². The van der Waals surface area contributed by atoms with Gasteiger partial charge in [-0.25, -0.2) is 4.98 Å². The van der Waals surface area contributed by atoms with Gasteiger partial charge in [0, 0.05) is 12.8 Å². The topological polar surface area (TPSA) is 81.7 Å². The first-order valence-corrected chi connectivity index (χ1v) is 10.8. The Kier molecular flexibility index (Phi) is 6.74. The minimum atomic E-state index is -0.153. The van der Waals surface area contributed by atoms with Crippen LogP contribution in [0.25, 0.3) is 5.69 Å². The summed E-state index contributed by atoms with van der Waals surface area (Å²) in [4.78, 5) is 4.52. The average molecular weight is 437 g/mol. The van der Waals surface area contributed by atoms with Crippen molar-refractivity contribution in [3.63, 3.8) is 0 Å². The first kappa shape index (κ1) is 21.2. The zero-order valence-corrected chi connectivity index (χ0v) is 18.2. The molecule has 0 unspecified atom stereocenters. The molecule has 160 valence electrons. The molecule has 0 radical (unpaired) electrons. The van der Waals surface area contributed by atoms with Gasteiger partial charge in [0.1, 0.15) is 16.7 Å². The lowest BCUT2D eigenvalue weighted by molar-refractivity contribution is 0.277. The fourth-order valence-corrected chi connectivity index (χ4v) is 3.79. The third kappa shape index (κ3) is 4.84. The second kappa shape index (κ2) is 9.85. The molecule has 0 amide bonds. The molecule has 2 aromatic heterocycles. The van der Waals surface area contributed by atoms with Crippen molar-refractivity contribution < 1.29 is 5.11 Å². The van der Waals surface area contributed by atoms with Crippen LogP contribution in [0.4, 0.5) is 0 Å². The van der Waals surface area contributed by atoms with Gasteiger partial charge in [0.15, 0.2) is 5.82 Å². The van der Waals surface area contributed by atoms with Crippen molar-refractivity contribution in [2.45, 2.75) is 45.8 Å². The highest BCUT2D eigenvalue weighted by Crippen LogP contribution is 2.22. The highest BCUT2D eigenvalue weighted by atomic mass is 35.5. The number of hydrogen-bond acceptors (Lipinski definition) is 5. The molecule has 0 spiro atoms. The van der Waals surface area contributed by atoms with E-state index in [4.69, 9.17) is 11.6 Å². The van der Waals surface area contributed by atoms with Crippen LogP contribution in [0.5, 0.6) is 0 Å². The molecule has 0 bridgehead atoms. The zero-order valence-electron chi connectivity index (χ0n) is 17.4. The van der Waals surface area contributed by atoms with Crippen LogP contribution in [0.15, 0.2) is 54.6 Å². The van der Waals surface area contributed by atoms with Crippen LogP contribution >= 0.6 is 11.6 Å². The van der Waals surface area contributed by atoms with Crippen molar-refractivity contribution in [3.05, 3.63) is 88.2 Å². The highest BCUT2D eigenvalue weighted by Gasteiger charge is 2.15. The van der Waals surface area contributed by atoms with Gasteiger partial charge < -0.3 is 9.67 Å². The Labute approximate surface area is 186 Å². The fraction of sp³-hybridized carbons (Fsp3) is 0.304. The summed E-state index contributed by atoms with van der Waals surface area (Å²) in [6.45, 7) is 2.61. The second-order valence-corrected chi connectivity index (χ2v) is 7.81. The number of unbranched alkanes of at least 4 members (excludes halogenated alkanes) is 1. The van der Waals surface area contributed by atoms with Crippen molar-refractivity contribution in [2.24, 2.45) is 0 Å².